The lowest BCUT2D eigenvalue weighted by molar-refractivity contribution is 0.200. The molecule has 0 spiro atoms. The van der Waals surface area contributed by atoms with Gasteiger partial charge in [0.2, 0.25) is 0 Å². The highest BCUT2D eigenvalue weighted by atomic mass is 31.2. The highest BCUT2D eigenvalue weighted by Gasteiger charge is 2.26. The minimum atomic E-state index is -3.40. The molecule has 0 aliphatic rings. The minimum Gasteiger partial charge on any atom is -0.366 e. The van der Waals surface area contributed by atoms with Crippen LogP contribution in [0.4, 0.5) is 0 Å². The maximum atomic E-state index is 12.7. The smallest absolute Gasteiger partial charge is 0.366 e. The van der Waals surface area contributed by atoms with E-state index < -0.39 is 7.75 Å². The molecule has 0 aliphatic carbocycles. The molecule has 0 aliphatic heterocycles. The Morgan fingerprint density at radius 1 is 1.10 bits per heavy atom. The summed E-state index contributed by atoms with van der Waals surface area (Å²) in [5.41, 5.74) is 0. The maximum absolute atomic E-state index is 12.7. The van der Waals surface area contributed by atoms with Crippen LogP contribution in [0.25, 0.3) is 0 Å². The van der Waals surface area contributed by atoms with Crippen LogP contribution in [0.1, 0.15) is 53.4 Å². The minimum absolute atomic E-state index is 0.169. The Morgan fingerprint density at radius 3 is 1.85 bits per heavy atom. The van der Waals surface area contributed by atoms with Gasteiger partial charge in [-0.05, 0) is 12.8 Å². The molecular weight excluding hydrogens is 275 g/mol. The molecule has 0 rings (SSSR count). The predicted molar refractivity (Wildman–Crippen MR) is 85.3 cm³/mol. The van der Waals surface area contributed by atoms with Crippen LogP contribution >= 0.6 is 7.75 Å². The van der Waals surface area contributed by atoms with Gasteiger partial charge in [0.25, 0.3) is 0 Å². The van der Waals surface area contributed by atoms with Crippen molar-refractivity contribution in [2.24, 2.45) is 10.7 Å². The fourth-order valence-electron chi connectivity index (χ4n) is 1.59. The fraction of sp³-hybridized carbons (Fsp3) is 0.929. The van der Waals surface area contributed by atoms with Crippen LogP contribution in [0.5, 0.6) is 0 Å². The lowest BCUT2D eigenvalue weighted by atomic mass is 10.2. The summed E-state index contributed by atoms with van der Waals surface area (Å²) >= 11 is 0. The second-order valence-electron chi connectivity index (χ2n) is 5.35. The van der Waals surface area contributed by atoms with Crippen LogP contribution in [-0.4, -0.2) is 38.0 Å². The Kier molecular flexibility index (Phi) is 10.2. The average molecular weight is 306 g/mol. The zero-order valence-corrected chi connectivity index (χ0v) is 14.8. The largest absolute Gasteiger partial charge is 0.455 e. The number of rotatable bonds is 10. The molecule has 0 unspecified atom stereocenters. The van der Waals surface area contributed by atoms with Crippen molar-refractivity contribution in [2.45, 2.75) is 53.4 Å². The summed E-state index contributed by atoms with van der Waals surface area (Å²) in [7, 11) is 0.384. The molecule has 20 heavy (non-hydrogen) atoms. The van der Waals surface area contributed by atoms with E-state index in [-0.39, 0.29) is 5.92 Å². The van der Waals surface area contributed by atoms with Gasteiger partial charge in [-0.25, -0.2) is 4.57 Å². The third-order valence-electron chi connectivity index (χ3n) is 2.70. The Balaban J connectivity index is 4.97. The molecule has 0 saturated carbocycles. The third-order valence-corrected chi connectivity index (χ3v) is 4.17. The van der Waals surface area contributed by atoms with Gasteiger partial charge in [-0.2, -0.15) is 4.76 Å². The first kappa shape index (κ1) is 19.6. The molecule has 0 saturated heterocycles. The van der Waals surface area contributed by atoms with E-state index in [1.807, 2.05) is 32.8 Å². The summed E-state index contributed by atoms with van der Waals surface area (Å²) < 4.78 is 28.0. The predicted octanol–water partition coefficient (Wildman–Crippen LogP) is 4.34. The number of hydrogen-bond acceptors (Lipinski definition) is 3. The second-order valence-corrected chi connectivity index (χ2v) is 7.00. The van der Waals surface area contributed by atoms with E-state index in [1.54, 1.807) is 0 Å². The SMILES string of the molecule is CCCCOP(=O)(N=C(C(C)C)N(C)C)OCCCC. The van der Waals surface area contributed by atoms with Gasteiger partial charge in [0.15, 0.2) is 0 Å². The zero-order valence-electron chi connectivity index (χ0n) is 13.9. The summed E-state index contributed by atoms with van der Waals surface area (Å²) in [6.45, 7) is 9.00. The van der Waals surface area contributed by atoms with Crippen molar-refractivity contribution in [1.29, 1.82) is 0 Å². The summed E-state index contributed by atoms with van der Waals surface area (Å²) in [4.78, 5) is 1.86. The van der Waals surface area contributed by atoms with Gasteiger partial charge in [-0.15, -0.1) is 0 Å². The highest BCUT2D eigenvalue weighted by molar-refractivity contribution is 7.52. The first-order chi connectivity index (χ1) is 9.36. The Hall–Kier alpha value is -0.380. The van der Waals surface area contributed by atoms with Crippen LogP contribution < -0.4 is 0 Å². The first-order valence-corrected chi connectivity index (χ1v) is 9.02. The average Bonchev–Trinajstić information content (AvgIpc) is 2.36. The van der Waals surface area contributed by atoms with Crippen LogP contribution in [0, 0.1) is 5.92 Å². The molecule has 0 heterocycles. The molecule has 0 aromatic carbocycles. The zero-order chi connectivity index (χ0) is 15.6. The molecule has 0 fully saturated rings. The quantitative estimate of drug-likeness (QED) is 0.261. The van der Waals surface area contributed by atoms with Gasteiger partial charge in [0, 0.05) is 20.0 Å². The molecule has 0 aromatic heterocycles. The van der Waals surface area contributed by atoms with Crippen molar-refractivity contribution in [3.8, 4) is 0 Å². The van der Waals surface area contributed by atoms with E-state index in [1.165, 1.54) is 0 Å². The van der Waals surface area contributed by atoms with Gasteiger partial charge < -0.3 is 4.90 Å². The second kappa shape index (κ2) is 10.4. The van der Waals surface area contributed by atoms with Crippen LogP contribution in [0.3, 0.4) is 0 Å². The molecule has 5 nitrogen and oxygen atoms in total. The molecule has 0 radical (unpaired) electrons. The Morgan fingerprint density at radius 2 is 1.55 bits per heavy atom. The molecule has 0 amide bonds. The summed E-state index contributed by atoms with van der Waals surface area (Å²) in [5.74, 6) is 0.907. The fourth-order valence-corrected chi connectivity index (χ4v) is 3.16. The van der Waals surface area contributed by atoms with Gasteiger partial charge in [-0.3, -0.25) is 9.05 Å². The molecule has 120 valence electrons. The number of nitrogens with zero attached hydrogens (tertiary/aromatic N) is 2. The monoisotopic (exact) mass is 306 g/mol. The molecule has 0 bridgehead atoms. The molecule has 6 heteroatoms. The van der Waals surface area contributed by atoms with E-state index in [4.69, 9.17) is 9.05 Å². The third kappa shape index (κ3) is 8.03. The van der Waals surface area contributed by atoms with Crippen molar-refractivity contribution in [2.75, 3.05) is 27.3 Å². The van der Waals surface area contributed by atoms with Gasteiger partial charge >= 0.3 is 7.75 Å². The van der Waals surface area contributed by atoms with E-state index in [0.717, 1.165) is 31.5 Å². The van der Waals surface area contributed by atoms with Crippen molar-refractivity contribution in [1.82, 2.24) is 4.90 Å². The van der Waals surface area contributed by atoms with Gasteiger partial charge in [0.1, 0.15) is 5.84 Å². The van der Waals surface area contributed by atoms with E-state index >= 15 is 0 Å². The topological polar surface area (TPSA) is 51.1 Å². The van der Waals surface area contributed by atoms with Crippen molar-refractivity contribution < 1.29 is 13.6 Å². The van der Waals surface area contributed by atoms with E-state index in [2.05, 4.69) is 18.6 Å². The Bertz CT molecular complexity index is 306. The summed E-state index contributed by atoms with van der Waals surface area (Å²) in [5, 5.41) is 0. The summed E-state index contributed by atoms with van der Waals surface area (Å²) in [6, 6.07) is 0. The highest BCUT2D eigenvalue weighted by Crippen LogP contribution is 2.50. The van der Waals surface area contributed by atoms with Crippen molar-refractivity contribution in [3.63, 3.8) is 0 Å². The lowest BCUT2D eigenvalue weighted by Gasteiger charge is -2.22. The standard InChI is InChI=1S/C14H31N2O3P/c1-7-9-11-18-20(17,19-12-10-8-2)15-14(13(3)4)16(5)6/h13H,7-12H2,1-6H3. The van der Waals surface area contributed by atoms with Crippen LogP contribution in [0.15, 0.2) is 4.76 Å². The maximum Gasteiger partial charge on any atom is 0.455 e. The first-order valence-electron chi connectivity index (χ1n) is 7.52. The number of amidine groups is 1. The molecule has 0 atom stereocenters. The van der Waals surface area contributed by atoms with Crippen molar-refractivity contribution >= 4 is 13.6 Å². The van der Waals surface area contributed by atoms with Crippen LogP contribution in [-0.2, 0) is 13.6 Å². The van der Waals surface area contributed by atoms with Gasteiger partial charge in [0.05, 0.1) is 13.2 Å². The summed E-state index contributed by atoms with van der Waals surface area (Å²) in [6.07, 6.45) is 3.69. The molecular formula is C14H31N2O3P. The van der Waals surface area contributed by atoms with Gasteiger partial charge in [-0.1, -0.05) is 40.5 Å². The molecule has 0 aromatic rings. The number of unbranched alkanes of at least 4 members (excludes halogenated alkanes) is 2. The van der Waals surface area contributed by atoms with Crippen LogP contribution in [0.2, 0.25) is 0 Å². The number of hydrogen-bond donors (Lipinski definition) is 0. The normalized spacial score (nSPS) is 13.1. The van der Waals surface area contributed by atoms with Crippen molar-refractivity contribution in [3.05, 3.63) is 0 Å². The Labute approximate surface area is 124 Å². The van der Waals surface area contributed by atoms with E-state index in [9.17, 15) is 4.57 Å². The molecule has 0 N–H and O–H groups in total. The van der Waals surface area contributed by atoms with E-state index in [0.29, 0.717) is 13.2 Å². The lowest BCUT2D eigenvalue weighted by Crippen LogP contribution is -2.27.